The zero-order chi connectivity index (χ0) is 22.0. The van der Waals surface area contributed by atoms with Gasteiger partial charge < -0.3 is 9.64 Å². The third-order valence-corrected chi connectivity index (χ3v) is 8.10. The quantitative estimate of drug-likeness (QED) is 0.510. The van der Waals surface area contributed by atoms with Gasteiger partial charge in [0.15, 0.2) is 0 Å². The van der Waals surface area contributed by atoms with Gasteiger partial charge in [-0.15, -0.1) is 0 Å². The summed E-state index contributed by atoms with van der Waals surface area (Å²) in [6.07, 6.45) is 5.28. The Morgan fingerprint density at radius 2 is 1.56 bits per heavy atom. The lowest BCUT2D eigenvalue weighted by atomic mass is 9.70. The van der Waals surface area contributed by atoms with Crippen LogP contribution in [0.5, 0.6) is 0 Å². The number of amides is 1. The molecule has 4 fully saturated rings. The van der Waals surface area contributed by atoms with Crippen molar-refractivity contribution in [1.29, 1.82) is 0 Å². The second kappa shape index (κ2) is 7.50. The highest BCUT2D eigenvalue weighted by Crippen LogP contribution is 2.57. The number of hydrogen-bond donors (Lipinski definition) is 0. The van der Waals surface area contributed by atoms with Gasteiger partial charge in [0.25, 0.3) is 5.91 Å². The van der Waals surface area contributed by atoms with Gasteiger partial charge in [-0.3, -0.25) is 9.59 Å². The minimum atomic E-state index is -1.05. The molecular formula is C26H25Cl2NO3. The molecule has 2 aromatic carbocycles. The van der Waals surface area contributed by atoms with Crippen LogP contribution in [0.3, 0.4) is 0 Å². The molecule has 2 aliphatic carbocycles. The molecule has 0 radical (unpaired) electrons. The summed E-state index contributed by atoms with van der Waals surface area (Å²) >= 11 is 12.6. The van der Waals surface area contributed by atoms with Gasteiger partial charge in [-0.05, 0) is 72.9 Å². The Hall–Kier alpha value is -2.04. The fraction of sp³-hybridized carbons (Fsp3) is 0.462. The van der Waals surface area contributed by atoms with Crippen molar-refractivity contribution in [2.24, 2.45) is 11.8 Å². The molecule has 2 saturated carbocycles. The molecule has 2 heterocycles. The maximum absolute atomic E-state index is 14.1. The minimum Gasteiger partial charge on any atom is -0.448 e. The zero-order valence-corrected chi connectivity index (χ0v) is 19.2. The molecule has 3 atom stereocenters. The largest absolute Gasteiger partial charge is 0.448 e. The van der Waals surface area contributed by atoms with Crippen LogP contribution in [0.2, 0.25) is 10.0 Å². The van der Waals surface area contributed by atoms with Gasteiger partial charge in [-0.1, -0.05) is 47.5 Å². The highest BCUT2D eigenvalue weighted by Gasteiger charge is 2.63. The van der Waals surface area contributed by atoms with Crippen molar-refractivity contribution in [3.63, 3.8) is 0 Å². The first-order valence-electron chi connectivity index (χ1n) is 11.5. The van der Waals surface area contributed by atoms with E-state index in [2.05, 4.69) is 11.0 Å². The Kier molecular flexibility index (Phi) is 4.82. The van der Waals surface area contributed by atoms with Crippen LogP contribution >= 0.6 is 23.2 Å². The van der Waals surface area contributed by atoms with Crippen molar-refractivity contribution >= 4 is 35.1 Å². The SMILES string of the molecule is O=C1CC2(CC(c3cccc(Cl)c3)C(c3ccc(Cl)cc3)N(C(C3CC3)C3CC3)C2=O)O1. The standard InChI is InChI=1S/C26H25Cl2NO3/c27-19-10-8-17(9-11-19)24-21(18-2-1-3-20(28)12-18)13-26(14-22(30)32-26)25(31)29(24)23(15-4-5-15)16-6-7-16/h1-3,8-12,15-16,21,23-24H,4-7,13-14H2. The van der Waals surface area contributed by atoms with E-state index in [0.29, 0.717) is 28.3 Å². The normalized spacial score (nSPS) is 29.9. The van der Waals surface area contributed by atoms with Crippen LogP contribution in [0.1, 0.15) is 61.6 Å². The van der Waals surface area contributed by atoms with Crippen molar-refractivity contribution in [2.45, 2.75) is 62.1 Å². The number of hydrogen-bond acceptors (Lipinski definition) is 3. The van der Waals surface area contributed by atoms with E-state index in [1.807, 2.05) is 42.5 Å². The molecule has 6 rings (SSSR count). The predicted octanol–water partition coefficient (Wildman–Crippen LogP) is 5.92. The van der Waals surface area contributed by atoms with E-state index in [-0.39, 0.29) is 36.3 Å². The molecular weight excluding hydrogens is 445 g/mol. The molecule has 4 nitrogen and oxygen atoms in total. The van der Waals surface area contributed by atoms with Crippen LogP contribution in [-0.4, -0.2) is 28.4 Å². The van der Waals surface area contributed by atoms with E-state index in [1.165, 1.54) is 0 Å². The summed E-state index contributed by atoms with van der Waals surface area (Å²) in [5.74, 6) is 0.738. The molecule has 0 aromatic heterocycles. The molecule has 0 bridgehead atoms. The number of benzene rings is 2. The van der Waals surface area contributed by atoms with E-state index in [0.717, 1.165) is 36.8 Å². The highest BCUT2D eigenvalue weighted by molar-refractivity contribution is 6.30. The molecule has 2 saturated heterocycles. The first-order valence-corrected chi connectivity index (χ1v) is 12.3. The summed E-state index contributed by atoms with van der Waals surface area (Å²) in [6, 6.07) is 15.8. The van der Waals surface area contributed by atoms with Gasteiger partial charge in [-0.25, -0.2) is 0 Å². The molecule has 1 spiro atoms. The number of halogens is 2. The summed E-state index contributed by atoms with van der Waals surface area (Å²) in [5, 5.41) is 1.34. The Balaban J connectivity index is 1.51. The summed E-state index contributed by atoms with van der Waals surface area (Å²) in [4.78, 5) is 28.1. The van der Waals surface area contributed by atoms with Crippen molar-refractivity contribution in [3.05, 3.63) is 69.7 Å². The fourth-order valence-electron chi connectivity index (χ4n) is 5.91. The van der Waals surface area contributed by atoms with Crippen LogP contribution in [0, 0.1) is 11.8 Å². The van der Waals surface area contributed by atoms with E-state index in [4.69, 9.17) is 27.9 Å². The maximum atomic E-state index is 14.1. The Labute approximate surface area is 197 Å². The number of ether oxygens (including phenoxy) is 1. The first kappa shape index (κ1) is 20.6. The van der Waals surface area contributed by atoms with E-state index < -0.39 is 5.60 Å². The number of carbonyl (C=O) groups is 2. The lowest BCUT2D eigenvalue weighted by Gasteiger charge is -2.55. The summed E-state index contributed by atoms with van der Waals surface area (Å²) < 4.78 is 5.66. The second-order valence-corrected chi connectivity index (χ2v) is 10.8. The monoisotopic (exact) mass is 469 g/mol. The molecule has 166 valence electrons. The summed E-state index contributed by atoms with van der Waals surface area (Å²) in [7, 11) is 0. The molecule has 2 aliphatic heterocycles. The van der Waals surface area contributed by atoms with Crippen LogP contribution in [0.4, 0.5) is 0 Å². The smallest absolute Gasteiger partial charge is 0.311 e. The topological polar surface area (TPSA) is 46.6 Å². The lowest BCUT2D eigenvalue weighted by Crippen LogP contribution is -2.66. The average Bonchev–Trinajstić information content (AvgIpc) is 3.66. The van der Waals surface area contributed by atoms with Gasteiger partial charge in [0.2, 0.25) is 5.60 Å². The van der Waals surface area contributed by atoms with Gasteiger partial charge in [-0.2, -0.15) is 0 Å². The van der Waals surface area contributed by atoms with E-state index in [9.17, 15) is 9.59 Å². The number of esters is 1. The van der Waals surface area contributed by atoms with Crippen molar-refractivity contribution in [2.75, 3.05) is 0 Å². The first-order chi connectivity index (χ1) is 15.4. The molecule has 2 aromatic rings. The van der Waals surface area contributed by atoms with Gasteiger partial charge in [0.1, 0.15) is 0 Å². The van der Waals surface area contributed by atoms with Crippen LogP contribution in [0.15, 0.2) is 48.5 Å². The molecule has 0 N–H and O–H groups in total. The van der Waals surface area contributed by atoms with Crippen LogP contribution < -0.4 is 0 Å². The van der Waals surface area contributed by atoms with Crippen LogP contribution in [0.25, 0.3) is 0 Å². The molecule has 1 amide bonds. The highest BCUT2D eigenvalue weighted by atomic mass is 35.5. The number of likely N-dealkylation sites (tertiary alicyclic amines) is 1. The van der Waals surface area contributed by atoms with Crippen molar-refractivity contribution in [1.82, 2.24) is 4.90 Å². The van der Waals surface area contributed by atoms with Crippen molar-refractivity contribution < 1.29 is 14.3 Å². The molecule has 32 heavy (non-hydrogen) atoms. The minimum absolute atomic E-state index is 0.0147. The second-order valence-electron chi connectivity index (χ2n) is 9.89. The third kappa shape index (κ3) is 3.43. The van der Waals surface area contributed by atoms with E-state index in [1.54, 1.807) is 0 Å². The van der Waals surface area contributed by atoms with E-state index >= 15 is 0 Å². The lowest BCUT2D eigenvalue weighted by molar-refractivity contribution is -0.213. The third-order valence-electron chi connectivity index (χ3n) is 7.61. The fourth-order valence-corrected chi connectivity index (χ4v) is 6.24. The van der Waals surface area contributed by atoms with Crippen LogP contribution in [-0.2, 0) is 14.3 Å². The predicted molar refractivity (Wildman–Crippen MR) is 123 cm³/mol. The summed E-state index contributed by atoms with van der Waals surface area (Å²) in [5.41, 5.74) is 1.09. The Morgan fingerprint density at radius 3 is 2.12 bits per heavy atom. The van der Waals surface area contributed by atoms with Gasteiger partial charge in [0, 0.05) is 28.4 Å². The van der Waals surface area contributed by atoms with Gasteiger partial charge >= 0.3 is 5.97 Å². The maximum Gasteiger partial charge on any atom is 0.311 e. The van der Waals surface area contributed by atoms with Crippen molar-refractivity contribution in [3.8, 4) is 0 Å². The molecule has 3 unspecified atom stereocenters. The number of nitrogens with zero attached hydrogens (tertiary/aromatic N) is 1. The number of rotatable bonds is 5. The Morgan fingerprint density at radius 1 is 0.906 bits per heavy atom. The molecule has 6 heteroatoms. The Bertz CT molecular complexity index is 1060. The van der Waals surface area contributed by atoms with Gasteiger partial charge in [0.05, 0.1) is 12.5 Å². The number of piperidine rings is 1. The zero-order valence-electron chi connectivity index (χ0n) is 17.7. The molecule has 4 aliphatic rings. The average molecular weight is 470 g/mol. The summed E-state index contributed by atoms with van der Waals surface area (Å²) in [6.45, 7) is 0. The number of carbonyl (C=O) groups excluding carboxylic acids is 2.